The Balaban J connectivity index is 0.000000467. The topological polar surface area (TPSA) is 114 Å². The summed E-state index contributed by atoms with van der Waals surface area (Å²) in [5, 5.41) is 2.91. The maximum absolute atomic E-state index is 11.8. The van der Waals surface area contributed by atoms with Gasteiger partial charge in [-0.2, -0.15) is 0 Å². The smallest absolute Gasteiger partial charge is 0.744 e. The molecule has 0 N–H and O–H groups in total. The second-order valence-corrected chi connectivity index (χ2v) is 22.7. The summed E-state index contributed by atoms with van der Waals surface area (Å²) in [6, 6.07) is 18.4. The summed E-state index contributed by atoms with van der Waals surface area (Å²) in [5.74, 6) is 0. The summed E-state index contributed by atoms with van der Waals surface area (Å²) in [4.78, 5) is -0.165. The van der Waals surface area contributed by atoms with Gasteiger partial charge in [-0.05, 0) is 119 Å². The maximum Gasteiger partial charge on any atom is 2.00 e. The van der Waals surface area contributed by atoms with Crippen LogP contribution < -0.4 is 0 Å². The van der Waals surface area contributed by atoms with Crippen LogP contribution in [0.3, 0.4) is 0 Å². The average Bonchev–Trinajstić information content (AvgIpc) is 3.31. The Morgan fingerprint density at radius 2 is 0.536 bits per heavy atom. The van der Waals surface area contributed by atoms with Gasteiger partial charge in [-0.1, -0.05) is 244 Å². The first-order valence-electron chi connectivity index (χ1n) is 27.9. The van der Waals surface area contributed by atoms with Gasteiger partial charge in [0.2, 0.25) is 0 Å². The fraction of sp³-hybridized carbons (Fsp3) is 0.667. The van der Waals surface area contributed by atoms with E-state index >= 15 is 0 Å². The van der Waals surface area contributed by atoms with Crippen LogP contribution in [0.4, 0.5) is 0 Å². The molecule has 0 aromatic heterocycles. The van der Waals surface area contributed by atoms with Gasteiger partial charge in [0.05, 0.1) is 9.79 Å². The summed E-state index contributed by atoms with van der Waals surface area (Å²) >= 11 is 0. The van der Waals surface area contributed by atoms with Crippen LogP contribution in [0.15, 0.2) is 70.5 Å². The standard InChI is InChI=1S/2C30H48O3S.Ca/c2*1-3-5-7-9-11-13-15-17-20-26-24-28-22-19-23-30(34(31,32)33)29(28)25-27(26)21-18-16-14-12-10-8-6-4-2;/h2*19,22-25H,3-18,20-21H2,1-2H3,(H,31,32,33);/q;;+2/p-2. The third kappa shape index (κ3) is 26.3. The minimum atomic E-state index is -4.48. The number of unbranched alkanes of at least 4 members (excludes halogenated alkanes) is 28. The zero-order chi connectivity index (χ0) is 49.3. The van der Waals surface area contributed by atoms with E-state index in [1.54, 1.807) is 12.1 Å². The Morgan fingerprint density at radius 1 is 0.319 bits per heavy atom. The van der Waals surface area contributed by atoms with Crippen LogP contribution in [0, 0.1) is 0 Å². The maximum atomic E-state index is 11.8. The average molecular weight is 1020 g/mol. The molecule has 0 aliphatic carbocycles. The quantitative estimate of drug-likeness (QED) is 0.0251. The molecule has 0 saturated heterocycles. The molecule has 0 saturated carbocycles. The Labute approximate surface area is 453 Å². The summed E-state index contributed by atoms with van der Waals surface area (Å²) in [6.07, 6.45) is 45.2. The molecule has 0 fully saturated rings. The van der Waals surface area contributed by atoms with Crippen molar-refractivity contribution in [2.45, 2.75) is 269 Å². The predicted octanol–water partition coefficient (Wildman–Crippen LogP) is 17.8. The van der Waals surface area contributed by atoms with Crippen molar-refractivity contribution in [3.63, 3.8) is 0 Å². The molecule has 0 radical (unpaired) electrons. The van der Waals surface area contributed by atoms with Crippen molar-refractivity contribution in [1.82, 2.24) is 0 Å². The van der Waals surface area contributed by atoms with Crippen molar-refractivity contribution in [2.75, 3.05) is 0 Å². The zero-order valence-corrected chi connectivity index (χ0v) is 48.0. The van der Waals surface area contributed by atoms with E-state index in [2.05, 4.69) is 39.8 Å². The van der Waals surface area contributed by atoms with E-state index in [9.17, 15) is 25.9 Å². The van der Waals surface area contributed by atoms with Crippen LogP contribution in [-0.4, -0.2) is 63.7 Å². The van der Waals surface area contributed by atoms with Crippen LogP contribution >= 0.6 is 0 Å². The molecule has 9 heteroatoms. The largest absolute Gasteiger partial charge is 2.00 e. The Hall–Kier alpha value is -1.52. The molecule has 0 atom stereocenters. The van der Waals surface area contributed by atoms with Crippen molar-refractivity contribution in [1.29, 1.82) is 0 Å². The van der Waals surface area contributed by atoms with Crippen LogP contribution in [0.1, 0.15) is 255 Å². The number of rotatable bonds is 38. The van der Waals surface area contributed by atoms with Crippen LogP contribution in [0.5, 0.6) is 0 Å². The van der Waals surface area contributed by atoms with E-state index in [-0.39, 0.29) is 47.5 Å². The van der Waals surface area contributed by atoms with Crippen molar-refractivity contribution in [3.8, 4) is 0 Å². The molecule has 0 bridgehead atoms. The second-order valence-electron chi connectivity index (χ2n) is 20.0. The van der Waals surface area contributed by atoms with Crippen molar-refractivity contribution in [2.24, 2.45) is 0 Å². The van der Waals surface area contributed by atoms with E-state index in [0.29, 0.717) is 10.8 Å². The van der Waals surface area contributed by atoms with Gasteiger partial charge in [0.25, 0.3) is 0 Å². The SMILES string of the molecule is CCCCCCCCCCc1cc2cccc(S(=O)(=O)[O-])c2cc1CCCCCCCCCC.CCCCCCCCCCc1cc2cccc(S(=O)(=O)[O-])c2cc1CCCCCCCCCC.[Ca+2]. The molecule has 0 unspecified atom stereocenters. The van der Waals surface area contributed by atoms with E-state index in [4.69, 9.17) is 0 Å². The first-order valence-corrected chi connectivity index (χ1v) is 30.8. The number of fused-ring (bicyclic) bond motifs is 2. The van der Waals surface area contributed by atoms with E-state index < -0.39 is 20.2 Å². The zero-order valence-electron chi connectivity index (χ0n) is 44.2. The minimum absolute atomic E-state index is 0. The van der Waals surface area contributed by atoms with Gasteiger partial charge in [0.1, 0.15) is 20.2 Å². The monoisotopic (exact) mass is 1010 g/mol. The Bertz CT molecular complexity index is 2030. The first-order chi connectivity index (χ1) is 32.9. The molecule has 69 heavy (non-hydrogen) atoms. The predicted molar refractivity (Wildman–Crippen MR) is 295 cm³/mol. The second kappa shape index (κ2) is 38.1. The molecule has 6 nitrogen and oxygen atoms in total. The van der Waals surface area contributed by atoms with E-state index in [0.717, 1.165) is 49.3 Å². The van der Waals surface area contributed by atoms with Gasteiger partial charge in [0.15, 0.2) is 0 Å². The summed E-state index contributed by atoms with van der Waals surface area (Å²) in [7, 11) is -8.97. The van der Waals surface area contributed by atoms with Gasteiger partial charge < -0.3 is 9.11 Å². The number of aryl methyl sites for hydroxylation is 4. The van der Waals surface area contributed by atoms with E-state index in [1.165, 1.54) is 227 Å². The third-order valence-corrected chi connectivity index (χ3v) is 15.8. The molecule has 0 spiro atoms. The molecule has 0 aliphatic rings. The molecule has 4 aromatic rings. The number of benzene rings is 4. The van der Waals surface area contributed by atoms with Gasteiger partial charge in [-0.15, -0.1) is 0 Å². The van der Waals surface area contributed by atoms with E-state index in [1.807, 2.05) is 24.3 Å². The summed E-state index contributed by atoms with van der Waals surface area (Å²) in [5.41, 5.74) is 5.14. The normalized spacial score (nSPS) is 11.8. The molecule has 384 valence electrons. The number of hydrogen-bond donors (Lipinski definition) is 0. The fourth-order valence-electron chi connectivity index (χ4n) is 9.94. The van der Waals surface area contributed by atoms with Crippen LogP contribution in [0.25, 0.3) is 21.5 Å². The molecule has 0 amide bonds. The van der Waals surface area contributed by atoms with Gasteiger partial charge in [0, 0.05) is 0 Å². The van der Waals surface area contributed by atoms with Crippen molar-refractivity contribution < 1.29 is 25.9 Å². The fourth-order valence-corrected chi connectivity index (χ4v) is 11.3. The van der Waals surface area contributed by atoms with Gasteiger partial charge in [-0.3, -0.25) is 0 Å². The molecule has 0 aliphatic heterocycles. The number of hydrogen-bond acceptors (Lipinski definition) is 6. The third-order valence-electron chi connectivity index (χ3n) is 14.1. The molecule has 0 heterocycles. The van der Waals surface area contributed by atoms with Gasteiger partial charge >= 0.3 is 37.7 Å². The summed E-state index contributed by atoms with van der Waals surface area (Å²) in [6.45, 7) is 9.00. The first kappa shape index (κ1) is 63.6. The van der Waals surface area contributed by atoms with Crippen LogP contribution in [-0.2, 0) is 45.9 Å². The van der Waals surface area contributed by atoms with Gasteiger partial charge in [-0.25, -0.2) is 16.8 Å². The van der Waals surface area contributed by atoms with Crippen molar-refractivity contribution in [3.05, 3.63) is 82.9 Å². The molecule has 4 rings (SSSR count). The molecule has 4 aromatic carbocycles. The van der Waals surface area contributed by atoms with Crippen molar-refractivity contribution >= 4 is 79.5 Å². The Kier molecular flexibility index (Phi) is 35.1. The Morgan fingerprint density at radius 3 is 0.768 bits per heavy atom. The minimum Gasteiger partial charge on any atom is -0.744 e. The molecular weight excluding hydrogens is 921 g/mol. The summed E-state index contributed by atoms with van der Waals surface area (Å²) < 4.78 is 71.0. The molecular formula is C60H94CaO6S2. The van der Waals surface area contributed by atoms with Crippen LogP contribution in [0.2, 0.25) is 0 Å².